The predicted molar refractivity (Wildman–Crippen MR) is 82.3 cm³/mol. The number of ether oxygens (including phenoxy) is 1. The molecule has 0 bridgehead atoms. The van der Waals surface area contributed by atoms with Gasteiger partial charge in [-0.15, -0.1) is 0 Å². The zero-order valence-corrected chi connectivity index (χ0v) is 12.9. The Morgan fingerprint density at radius 2 is 2.00 bits per heavy atom. The second-order valence-corrected chi connectivity index (χ2v) is 5.28. The molecule has 0 spiro atoms. The van der Waals surface area contributed by atoms with Crippen molar-refractivity contribution >= 4 is 15.9 Å². The van der Waals surface area contributed by atoms with E-state index in [2.05, 4.69) is 21.2 Å². The Labute approximate surface area is 127 Å². The highest BCUT2D eigenvalue weighted by atomic mass is 79.9. The molecule has 0 aromatic heterocycles. The van der Waals surface area contributed by atoms with E-state index in [4.69, 9.17) is 4.74 Å². The molecule has 1 N–H and O–H groups in total. The number of halogens is 2. The monoisotopic (exact) mass is 337 g/mol. The standard InChI is InChI=1S/C16H17BrFNO/c1-2-19-10-12-7-8-16(15(18)9-12)20-11-13-5-3-4-6-14(13)17/h3-9,19H,2,10-11H2,1H3. The topological polar surface area (TPSA) is 21.3 Å². The summed E-state index contributed by atoms with van der Waals surface area (Å²) in [4.78, 5) is 0. The van der Waals surface area contributed by atoms with E-state index in [1.165, 1.54) is 6.07 Å². The van der Waals surface area contributed by atoms with Gasteiger partial charge in [-0.05, 0) is 30.3 Å². The molecule has 4 heteroatoms. The maximum absolute atomic E-state index is 13.9. The summed E-state index contributed by atoms with van der Waals surface area (Å²) in [6.45, 7) is 3.89. The van der Waals surface area contributed by atoms with Crippen LogP contribution in [0.2, 0.25) is 0 Å². The van der Waals surface area contributed by atoms with E-state index >= 15 is 0 Å². The van der Waals surface area contributed by atoms with Crippen LogP contribution in [-0.2, 0) is 13.2 Å². The van der Waals surface area contributed by atoms with Crippen molar-refractivity contribution in [2.75, 3.05) is 6.54 Å². The molecule has 0 saturated carbocycles. The van der Waals surface area contributed by atoms with Gasteiger partial charge in [0.2, 0.25) is 0 Å². The molecule has 0 amide bonds. The lowest BCUT2D eigenvalue weighted by Gasteiger charge is -2.10. The third-order valence-corrected chi connectivity index (χ3v) is 3.69. The van der Waals surface area contributed by atoms with Crippen molar-refractivity contribution < 1.29 is 9.13 Å². The molecule has 0 heterocycles. The maximum Gasteiger partial charge on any atom is 0.165 e. The fourth-order valence-corrected chi connectivity index (χ4v) is 2.21. The van der Waals surface area contributed by atoms with Crippen LogP contribution in [0.25, 0.3) is 0 Å². The third-order valence-electron chi connectivity index (χ3n) is 2.92. The van der Waals surface area contributed by atoms with Gasteiger partial charge in [-0.2, -0.15) is 0 Å². The van der Waals surface area contributed by atoms with Gasteiger partial charge in [0.15, 0.2) is 11.6 Å². The molecular formula is C16H17BrFNO. The second-order valence-electron chi connectivity index (χ2n) is 4.43. The molecular weight excluding hydrogens is 321 g/mol. The number of hydrogen-bond acceptors (Lipinski definition) is 2. The van der Waals surface area contributed by atoms with Crippen molar-refractivity contribution in [3.63, 3.8) is 0 Å². The summed E-state index contributed by atoms with van der Waals surface area (Å²) in [5.74, 6) is -0.0477. The Balaban J connectivity index is 2.01. The first-order valence-electron chi connectivity index (χ1n) is 6.56. The molecule has 2 nitrogen and oxygen atoms in total. The van der Waals surface area contributed by atoms with E-state index in [-0.39, 0.29) is 11.6 Å². The van der Waals surface area contributed by atoms with Crippen LogP contribution in [0.4, 0.5) is 4.39 Å². The molecule has 0 aliphatic carbocycles. The van der Waals surface area contributed by atoms with Gasteiger partial charge in [-0.25, -0.2) is 4.39 Å². The van der Waals surface area contributed by atoms with Crippen LogP contribution in [0.5, 0.6) is 5.75 Å². The van der Waals surface area contributed by atoms with Gasteiger partial charge in [0.1, 0.15) is 6.61 Å². The number of rotatable bonds is 6. The van der Waals surface area contributed by atoms with Gasteiger partial charge < -0.3 is 10.1 Å². The largest absolute Gasteiger partial charge is 0.486 e. The molecule has 0 unspecified atom stereocenters. The molecule has 0 aliphatic heterocycles. The zero-order chi connectivity index (χ0) is 14.4. The lowest BCUT2D eigenvalue weighted by molar-refractivity contribution is 0.289. The molecule has 20 heavy (non-hydrogen) atoms. The molecule has 2 aromatic rings. The number of nitrogens with one attached hydrogen (secondary N) is 1. The van der Waals surface area contributed by atoms with E-state index in [1.54, 1.807) is 6.07 Å². The lowest BCUT2D eigenvalue weighted by atomic mass is 10.2. The summed E-state index contributed by atoms with van der Waals surface area (Å²) in [6, 6.07) is 12.8. The normalized spacial score (nSPS) is 10.6. The fourth-order valence-electron chi connectivity index (χ4n) is 1.81. The first kappa shape index (κ1) is 15.0. The van der Waals surface area contributed by atoms with E-state index < -0.39 is 0 Å². The summed E-state index contributed by atoms with van der Waals surface area (Å²) in [6.07, 6.45) is 0. The highest BCUT2D eigenvalue weighted by Gasteiger charge is 2.06. The summed E-state index contributed by atoms with van der Waals surface area (Å²) in [7, 11) is 0. The highest BCUT2D eigenvalue weighted by molar-refractivity contribution is 9.10. The minimum Gasteiger partial charge on any atom is -0.486 e. The summed E-state index contributed by atoms with van der Waals surface area (Å²) < 4.78 is 20.4. The first-order valence-corrected chi connectivity index (χ1v) is 7.35. The maximum atomic E-state index is 13.9. The van der Waals surface area contributed by atoms with E-state index in [1.807, 2.05) is 37.3 Å². The molecule has 0 atom stereocenters. The Morgan fingerprint density at radius 1 is 1.20 bits per heavy atom. The quantitative estimate of drug-likeness (QED) is 0.849. The average molecular weight is 338 g/mol. The third kappa shape index (κ3) is 4.05. The molecule has 0 saturated heterocycles. The van der Waals surface area contributed by atoms with Crippen LogP contribution in [0.15, 0.2) is 46.9 Å². The Kier molecular flexibility index (Phi) is 5.56. The number of benzene rings is 2. The van der Waals surface area contributed by atoms with Gasteiger partial charge in [0.25, 0.3) is 0 Å². The zero-order valence-electron chi connectivity index (χ0n) is 11.3. The van der Waals surface area contributed by atoms with Crippen LogP contribution in [0, 0.1) is 5.82 Å². The Hall–Kier alpha value is -1.39. The van der Waals surface area contributed by atoms with Gasteiger partial charge in [0, 0.05) is 16.6 Å². The average Bonchev–Trinajstić information content (AvgIpc) is 2.45. The smallest absolute Gasteiger partial charge is 0.165 e. The van der Waals surface area contributed by atoms with Crippen LogP contribution < -0.4 is 10.1 Å². The molecule has 0 aliphatic rings. The SMILES string of the molecule is CCNCc1ccc(OCc2ccccc2Br)c(F)c1. The Morgan fingerprint density at radius 3 is 2.70 bits per heavy atom. The van der Waals surface area contributed by atoms with Gasteiger partial charge >= 0.3 is 0 Å². The van der Waals surface area contributed by atoms with Crippen molar-refractivity contribution in [2.45, 2.75) is 20.1 Å². The van der Waals surface area contributed by atoms with Crippen LogP contribution in [0.1, 0.15) is 18.1 Å². The second kappa shape index (κ2) is 7.41. The molecule has 2 aromatic carbocycles. The van der Waals surface area contributed by atoms with Crippen molar-refractivity contribution in [3.05, 3.63) is 63.9 Å². The Bertz CT molecular complexity index is 574. The summed E-state index contributed by atoms with van der Waals surface area (Å²) >= 11 is 3.45. The van der Waals surface area contributed by atoms with E-state index in [0.717, 1.165) is 22.1 Å². The van der Waals surface area contributed by atoms with E-state index in [9.17, 15) is 4.39 Å². The summed E-state index contributed by atoms with van der Waals surface area (Å²) in [5.41, 5.74) is 1.90. The first-order chi connectivity index (χ1) is 9.70. The van der Waals surface area contributed by atoms with Crippen molar-refractivity contribution in [1.29, 1.82) is 0 Å². The van der Waals surface area contributed by atoms with Crippen LogP contribution >= 0.6 is 15.9 Å². The number of hydrogen-bond donors (Lipinski definition) is 1. The minimum atomic E-state index is -0.326. The summed E-state index contributed by atoms with van der Waals surface area (Å²) in [5, 5.41) is 3.16. The highest BCUT2D eigenvalue weighted by Crippen LogP contribution is 2.22. The van der Waals surface area contributed by atoms with Crippen LogP contribution in [0.3, 0.4) is 0 Å². The van der Waals surface area contributed by atoms with Gasteiger partial charge in [-0.3, -0.25) is 0 Å². The molecule has 106 valence electrons. The van der Waals surface area contributed by atoms with Crippen LogP contribution in [-0.4, -0.2) is 6.54 Å². The van der Waals surface area contributed by atoms with Gasteiger partial charge in [0.05, 0.1) is 0 Å². The molecule has 0 fully saturated rings. The van der Waals surface area contributed by atoms with Crippen molar-refractivity contribution in [3.8, 4) is 5.75 Å². The van der Waals surface area contributed by atoms with Crippen molar-refractivity contribution in [1.82, 2.24) is 5.32 Å². The molecule has 0 radical (unpaired) electrons. The predicted octanol–water partition coefficient (Wildman–Crippen LogP) is 4.28. The van der Waals surface area contributed by atoms with E-state index in [0.29, 0.717) is 13.2 Å². The van der Waals surface area contributed by atoms with Gasteiger partial charge in [-0.1, -0.05) is 47.1 Å². The van der Waals surface area contributed by atoms with Crippen molar-refractivity contribution in [2.24, 2.45) is 0 Å². The minimum absolute atomic E-state index is 0.279. The molecule has 2 rings (SSSR count). The fraction of sp³-hybridized carbons (Fsp3) is 0.250. The lowest BCUT2D eigenvalue weighted by Crippen LogP contribution is -2.11.